The van der Waals surface area contributed by atoms with E-state index in [1.165, 1.54) is 0 Å². The number of benzene rings is 1. The molecule has 20 heavy (non-hydrogen) atoms. The highest BCUT2D eigenvalue weighted by molar-refractivity contribution is 7.92. The second-order valence-electron chi connectivity index (χ2n) is 4.66. The highest BCUT2D eigenvalue weighted by Gasteiger charge is 2.10. The summed E-state index contributed by atoms with van der Waals surface area (Å²) in [5.74, 6) is 1.70. The number of amidine groups is 1. The van der Waals surface area contributed by atoms with Crippen LogP contribution in [0.25, 0.3) is 0 Å². The van der Waals surface area contributed by atoms with Crippen LogP contribution < -0.4 is 14.8 Å². The lowest BCUT2D eigenvalue weighted by molar-refractivity contribution is 0.410. The molecule has 1 aliphatic rings. The first kappa shape index (κ1) is 14.6. The van der Waals surface area contributed by atoms with Crippen LogP contribution in [0.5, 0.6) is 5.75 Å². The molecular formula is C13H19N3O3S. The molecule has 0 saturated carbocycles. The molecule has 0 radical (unpaired) electrons. The summed E-state index contributed by atoms with van der Waals surface area (Å²) in [6, 6.07) is 5.31. The summed E-state index contributed by atoms with van der Waals surface area (Å²) in [4.78, 5) is 4.35. The fourth-order valence-electron chi connectivity index (χ4n) is 2.10. The van der Waals surface area contributed by atoms with Crippen molar-refractivity contribution in [3.63, 3.8) is 0 Å². The van der Waals surface area contributed by atoms with Gasteiger partial charge in [0.25, 0.3) is 0 Å². The largest absolute Gasteiger partial charge is 0.496 e. The summed E-state index contributed by atoms with van der Waals surface area (Å²) in [5.41, 5.74) is 1.53. The molecule has 1 heterocycles. The first-order chi connectivity index (χ1) is 9.48. The molecule has 2 rings (SSSR count). The van der Waals surface area contributed by atoms with E-state index >= 15 is 0 Å². The van der Waals surface area contributed by atoms with Gasteiger partial charge >= 0.3 is 0 Å². The van der Waals surface area contributed by atoms with Crippen LogP contribution in [-0.2, 0) is 16.4 Å². The Morgan fingerprint density at radius 2 is 2.20 bits per heavy atom. The van der Waals surface area contributed by atoms with Crippen LogP contribution in [0, 0.1) is 0 Å². The first-order valence-electron chi connectivity index (χ1n) is 6.40. The Balaban J connectivity index is 2.09. The maximum Gasteiger partial charge on any atom is 0.229 e. The summed E-state index contributed by atoms with van der Waals surface area (Å²) >= 11 is 0. The fourth-order valence-corrected chi connectivity index (χ4v) is 2.65. The molecular weight excluding hydrogens is 278 g/mol. The SMILES string of the molecule is COc1cc(NS(C)(=O)=O)ccc1CCC1=NCCN1. The van der Waals surface area contributed by atoms with Gasteiger partial charge in [0.15, 0.2) is 0 Å². The number of rotatable bonds is 6. The van der Waals surface area contributed by atoms with Gasteiger partial charge in [-0.25, -0.2) is 8.42 Å². The standard InChI is InChI=1S/C13H19N3O3S/c1-19-12-9-11(16-20(2,17)18)5-3-10(12)4-6-13-14-7-8-15-13/h3,5,9,16H,4,6-8H2,1-2H3,(H,14,15). The van der Waals surface area contributed by atoms with Gasteiger partial charge in [0.05, 0.1) is 31.4 Å². The van der Waals surface area contributed by atoms with E-state index in [0.717, 1.165) is 43.6 Å². The molecule has 6 nitrogen and oxygen atoms in total. The monoisotopic (exact) mass is 297 g/mol. The maximum absolute atomic E-state index is 11.2. The van der Waals surface area contributed by atoms with Crippen molar-refractivity contribution in [2.24, 2.45) is 4.99 Å². The molecule has 0 spiro atoms. The zero-order valence-corrected chi connectivity index (χ0v) is 12.5. The Morgan fingerprint density at radius 1 is 1.40 bits per heavy atom. The van der Waals surface area contributed by atoms with Crippen molar-refractivity contribution in [1.29, 1.82) is 0 Å². The minimum absolute atomic E-state index is 0.504. The van der Waals surface area contributed by atoms with E-state index < -0.39 is 10.0 Å². The van der Waals surface area contributed by atoms with E-state index in [9.17, 15) is 8.42 Å². The average Bonchev–Trinajstić information content (AvgIpc) is 2.88. The van der Waals surface area contributed by atoms with Crippen molar-refractivity contribution >= 4 is 21.5 Å². The zero-order valence-electron chi connectivity index (χ0n) is 11.6. The van der Waals surface area contributed by atoms with Crippen molar-refractivity contribution in [3.05, 3.63) is 23.8 Å². The predicted octanol–water partition coefficient (Wildman–Crippen LogP) is 1.00. The van der Waals surface area contributed by atoms with E-state index in [-0.39, 0.29) is 0 Å². The molecule has 0 atom stereocenters. The molecule has 0 amide bonds. The van der Waals surface area contributed by atoms with Gasteiger partial charge in [0.1, 0.15) is 5.75 Å². The number of nitrogens with one attached hydrogen (secondary N) is 2. The van der Waals surface area contributed by atoms with Gasteiger partial charge in [0.2, 0.25) is 10.0 Å². The van der Waals surface area contributed by atoms with Crippen LogP contribution in [0.3, 0.4) is 0 Å². The second kappa shape index (κ2) is 6.13. The van der Waals surface area contributed by atoms with E-state index in [2.05, 4.69) is 15.0 Å². The van der Waals surface area contributed by atoms with Crippen molar-refractivity contribution in [3.8, 4) is 5.75 Å². The number of hydrogen-bond acceptors (Lipinski definition) is 5. The highest BCUT2D eigenvalue weighted by atomic mass is 32.2. The van der Waals surface area contributed by atoms with Gasteiger partial charge in [-0.3, -0.25) is 9.71 Å². The van der Waals surface area contributed by atoms with Crippen LogP contribution in [0.1, 0.15) is 12.0 Å². The lowest BCUT2D eigenvalue weighted by Gasteiger charge is -2.11. The molecule has 0 aromatic heterocycles. The number of anilines is 1. The Morgan fingerprint density at radius 3 is 2.80 bits per heavy atom. The third kappa shape index (κ3) is 4.12. The Labute approximate surface area is 119 Å². The molecule has 7 heteroatoms. The van der Waals surface area contributed by atoms with Crippen LogP contribution in [-0.4, -0.2) is 40.7 Å². The van der Waals surface area contributed by atoms with E-state index in [1.807, 2.05) is 6.07 Å². The van der Waals surface area contributed by atoms with Crippen LogP contribution in [0.15, 0.2) is 23.2 Å². The van der Waals surface area contributed by atoms with Gasteiger partial charge in [-0.1, -0.05) is 6.07 Å². The van der Waals surface area contributed by atoms with Gasteiger partial charge in [-0.15, -0.1) is 0 Å². The topological polar surface area (TPSA) is 79.8 Å². The van der Waals surface area contributed by atoms with Gasteiger partial charge < -0.3 is 10.1 Å². The minimum Gasteiger partial charge on any atom is -0.496 e. The molecule has 2 N–H and O–H groups in total. The molecule has 0 aliphatic carbocycles. The summed E-state index contributed by atoms with van der Waals surface area (Å²) in [6.07, 6.45) is 2.75. The molecule has 0 fully saturated rings. The Bertz CT molecular complexity index is 611. The number of aryl methyl sites for hydroxylation is 1. The number of nitrogens with zero attached hydrogens (tertiary/aromatic N) is 1. The molecule has 0 unspecified atom stereocenters. The molecule has 0 bridgehead atoms. The van der Waals surface area contributed by atoms with E-state index in [4.69, 9.17) is 4.74 Å². The number of sulfonamides is 1. The molecule has 0 saturated heterocycles. The molecule has 1 aromatic carbocycles. The molecule has 110 valence electrons. The summed E-state index contributed by atoms with van der Waals surface area (Å²) in [6.45, 7) is 1.74. The van der Waals surface area contributed by atoms with Crippen molar-refractivity contribution < 1.29 is 13.2 Å². The number of aliphatic imine (C=N–C) groups is 1. The fraction of sp³-hybridized carbons (Fsp3) is 0.462. The van der Waals surface area contributed by atoms with Crippen molar-refractivity contribution in [2.45, 2.75) is 12.8 Å². The number of hydrogen-bond donors (Lipinski definition) is 2. The zero-order chi connectivity index (χ0) is 14.6. The third-order valence-corrected chi connectivity index (χ3v) is 3.57. The maximum atomic E-state index is 11.2. The molecule has 1 aliphatic heterocycles. The smallest absolute Gasteiger partial charge is 0.229 e. The van der Waals surface area contributed by atoms with Gasteiger partial charge in [0, 0.05) is 19.0 Å². The number of methoxy groups -OCH3 is 1. The quantitative estimate of drug-likeness (QED) is 0.821. The lowest BCUT2D eigenvalue weighted by Crippen LogP contribution is -2.18. The lowest BCUT2D eigenvalue weighted by atomic mass is 10.1. The van der Waals surface area contributed by atoms with Crippen LogP contribution in [0.2, 0.25) is 0 Å². The van der Waals surface area contributed by atoms with Crippen LogP contribution >= 0.6 is 0 Å². The third-order valence-electron chi connectivity index (χ3n) is 2.96. The number of ether oxygens (including phenoxy) is 1. The summed E-state index contributed by atoms with van der Waals surface area (Å²) in [7, 11) is -1.70. The van der Waals surface area contributed by atoms with Crippen molar-refractivity contribution in [1.82, 2.24) is 5.32 Å². The minimum atomic E-state index is -3.28. The van der Waals surface area contributed by atoms with Crippen molar-refractivity contribution in [2.75, 3.05) is 31.2 Å². The van der Waals surface area contributed by atoms with E-state index in [1.54, 1.807) is 19.2 Å². The second-order valence-corrected chi connectivity index (χ2v) is 6.40. The predicted molar refractivity (Wildman–Crippen MR) is 80.1 cm³/mol. The Hall–Kier alpha value is -1.76. The van der Waals surface area contributed by atoms with Crippen LogP contribution in [0.4, 0.5) is 5.69 Å². The normalized spacial score (nSPS) is 14.6. The van der Waals surface area contributed by atoms with Gasteiger partial charge in [-0.2, -0.15) is 0 Å². The molecule has 1 aromatic rings. The summed E-state index contributed by atoms with van der Waals surface area (Å²) < 4.78 is 30.2. The Kier molecular flexibility index (Phi) is 4.49. The average molecular weight is 297 g/mol. The van der Waals surface area contributed by atoms with E-state index in [0.29, 0.717) is 11.4 Å². The summed E-state index contributed by atoms with van der Waals surface area (Å²) in [5, 5.41) is 3.22. The first-order valence-corrected chi connectivity index (χ1v) is 8.29. The van der Waals surface area contributed by atoms with Gasteiger partial charge in [-0.05, 0) is 18.1 Å². The highest BCUT2D eigenvalue weighted by Crippen LogP contribution is 2.25.